The number of hydrogen-bond donors (Lipinski definition) is 1. The van der Waals surface area contributed by atoms with Crippen molar-refractivity contribution < 1.29 is 9.21 Å². The van der Waals surface area contributed by atoms with Crippen molar-refractivity contribution in [2.75, 3.05) is 6.54 Å². The lowest BCUT2D eigenvalue weighted by molar-refractivity contribution is 0.0952. The Labute approximate surface area is 185 Å². The highest BCUT2D eigenvalue weighted by Gasteiger charge is 2.17. The number of imidazole rings is 1. The maximum absolute atomic E-state index is 13.0. The van der Waals surface area contributed by atoms with Crippen LogP contribution in [0.25, 0.3) is 33.8 Å². The maximum Gasteiger partial charge on any atom is 0.252 e. The molecule has 158 valence electrons. The molecule has 0 aliphatic rings. The van der Waals surface area contributed by atoms with Gasteiger partial charge in [-0.3, -0.25) is 4.79 Å². The number of amides is 1. The number of oxazole rings is 1. The molecule has 0 aliphatic carbocycles. The zero-order valence-corrected chi connectivity index (χ0v) is 17.7. The molecule has 6 heteroatoms. The predicted octanol–water partition coefficient (Wildman–Crippen LogP) is 5.10. The van der Waals surface area contributed by atoms with Crippen LogP contribution in [0.4, 0.5) is 0 Å². The standard InChI is InChI=1S/C26H22N4O2/c1-18-29-22-13-7-8-14-23(22)30(18)16-15-27-25(31)20-11-5-6-12-21(20)26-28-17-24(32-26)19-9-3-2-4-10-19/h2-14,17H,15-16H2,1H3,(H,27,31). The fourth-order valence-electron chi connectivity index (χ4n) is 3.86. The first-order valence-corrected chi connectivity index (χ1v) is 10.5. The van der Waals surface area contributed by atoms with E-state index in [2.05, 4.69) is 19.9 Å². The molecule has 0 spiro atoms. The van der Waals surface area contributed by atoms with Crippen LogP contribution in [0.15, 0.2) is 89.5 Å². The Morgan fingerprint density at radius 1 is 0.969 bits per heavy atom. The molecule has 5 aromatic rings. The van der Waals surface area contributed by atoms with E-state index in [0.717, 1.165) is 22.4 Å². The Bertz CT molecular complexity index is 1390. The van der Waals surface area contributed by atoms with Gasteiger partial charge in [-0.2, -0.15) is 0 Å². The molecule has 0 bridgehead atoms. The molecule has 32 heavy (non-hydrogen) atoms. The summed E-state index contributed by atoms with van der Waals surface area (Å²) < 4.78 is 8.08. The number of rotatable bonds is 6. The van der Waals surface area contributed by atoms with Gasteiger partial charge in [-0.15, -0.1) is 0 Å². The monoisotopic (exact) mass is 422 g/mol. The maximum atomic E-state index is 13.0. The highest BCUT2D eigenvalue weighted by atomic mass is 16.4. The molecule has 1 amide bonds. The van der Waals surface area contributed by atoms with Gasteiger partial charge in [0, 0.05) is 24.2 Å². The van der Waals surface area contributed by atoms with Crippen molar-refractivity contribution in [3.63, 3.8) is 0 Å². The van der Waals surface area contributed by atoms with E-state index in [1.807, 2.05) is 79.7 Å². The lowest BCUT2D eigenvalue weighted by atomic mass is 10.1. The number of carbonyl (C=O) groups excluding carboxylic acids is 1. The molecule has 1 N–H and O–H groups in total. The fourth-order valence-corrected chi connectivity index (χ4v) is 3.86. The normalized spacial score (nSPS) is 11.0. The number of aromatic nitrogens is 3. The molecule has 6 nitrogen and oxygen atoms in total. The number of aryl methyl sites for hydroxylation is 1. The van der Waals surface area contributed by atoms with Gasteiger partial charge < -0.3 is 14.3 Å². The SMILES string of the molecule is Cc1nc2ccccc2n1CCNC(=O)c1ccccc1-c1ncc(-c2ccccc2)o1. The van der Waals surface area contributed by atoms with Crippen LogP contribution in [0, 0.1) is 6.92 Å². The van der Waals surface area contributed by atoms with E-state index in [1.54, 1.807) is 12.3 Å². The summed E-state index contributed by atoms with van der Waals surface area (Å²) in [5.41, 5.74) is 4.15. The lowest BCUT2D eigenvalue weighted by Crippen LogP contribution is -2.28. The summed E-state index contributed by atoms with van der Waals surface area (Å²) >= 11 is 0. The minimum atomic E-state index is -0.165. The molecule has 0 atom stereocenters. The third-order valence-corrected chi connectivity index (χ3v) is 5.43. The van der Waals surface area contributed by atoms with Crippen LogP contribution in [0.1, 0.15) is 16.2 Å². The van der Waals surface area contributed by atoms with Gasteiger partial charge in [-0.25, -0.2) is 9.97 Å². The van der Waals surface area contributed by atoms with E-state index in [4.69, 9.17) is 4.42 Å². The second-order valence-electron chi connectivity index (χ2n) is 7.50. The summed E-state index contributed by atoms with van der Waals surface area (Å²) in [5, 5.41) is 3.02. The largest absolute Gasteiger partial charge is 0.436 e. The molecule has 0 aliphatic heterocycles. The summed E-state index contributed by atoms with van der Waals surface area (Å²) in [6.07, 6.45) is 1.69. The van der Waals surface area contributed by atoms with Crippen LogP contribution in [0.3, 0.4) is 0 Å². The Balaban J connectivity index is 1.33. The van der Waals surface area contributed by atoms with E-state index in [0.29, 0.717) is 35.9 Å². The molecule has 0 unspecified atom stereocenters. The molecule has 2 heterocycles. The first kappa shape index (κ1) is 19.8. The summed E-state index contributed by atoms with van der Waals surface area (Å²) in [7, 11) is 0. The Kier molecular flexibility index (Phi) is 5.25. The predicted molar refractivity (Wildman–Crippen MR) is 124 cm³/mol. The Hall–Kier alpha value is -4.19. The van der Waals surface area contributed by atoms with Crippen LogP contribution < -0.4 is 5.32 Å². The molecule has 0 fully saturated rings. The van der Waals surface area contributed by atoms with E-state index in [1.165, 1.54) is 0 Å². The van der Waals surface area contributed by atoms with Crippen molar-refractivity contribution in [3.8, 4) is 22.8 Å². The second kappa shape index (κ2) is 8.51. The molecule has 2 aromatic heterocycles. The van der Waals surface area contributed by atoms with Crippen molar-refractivity contribution in [2.45, 2.75) is 13.5 Å². The van der Waals surface area contributed by atoms with Crippen molar-refractivity contribution in [1.82, 2.24) is 19.9 Å². The van der Waals surface area contributed by atoms with Gasteiger partial charge >= 0.3 is 0 Å². The van der Waals surface area contributed by atoms with Crippen LogP contribution in [0.2, 0.25) is 0 Å². The molecule has 3 aromatic carbocycles. The van der Waals surface area contributed by atoms with E-state index in [-0.39, 0.29) is 5.91 Å². The molecule has 5 rings (SSSR count). The summed E-state index contributed by atoms with van der Waals surface area (Å²) in [6.45, 7) is 3.09. The van der Waals surface area contributed by atoms with Gasteiger partial charge in [-0.05, 0) is 31.2 Å². The molecular formula is C26H22N4O2. The van der Waals surface area contributed by atoms with Crippen molar-refractivity contribution in [2.24, 2.45) is 0 Å². The number of para-hydroxylation sites is 2. The van der Waals surface area contributed by atoms with Crippen molar-refractivity contribution in [1.29, 1.82) is 0 Å². The summed E-state index contributed by atoms with van der Waals surface area (Å²) in [5.74, 6) is 1.85. The second-order valence-corrected chi connectivity index (χ2v) is 7.50. The van der Waals surface area contributed by atoms with Gasteiger partial charge in [-0.1, -0.05) is 54.6 Å². The smallest absolute Gasteiger partial charge is 0.252 e. The number of carbonyl (C=O) groups is 1. The van der Waals surface area contributed by atoms with Crippen molar-refractivity contribution in [3.05, 3.63) is 96.4 Å². The van der Waals surface area contributed by atoms with Crippen molar-refractivity contribution >= 4 is 16.9 Å². The number of fused-ring (bicyclic) bond motifs is 1. The lowest BCUT2D eigenvalue weighted by Gasteiger charge is -2.10. The summed E-state index contributed by atoms with van der Waals surface area (Å²) in [4.78, 5) is 22.0. The third kappa shape index (κ3) is 3.78. The minimum Gasteiger partial charge on any atom is -0.436 e. The van der Waals surface area contributed by atoms with Crippen LogP contribution in [0.5, 0.6) is 0 Å². The van der Waals surface area contributed by atoms with Gasteiger partial charge in [0.25, 0.3) is 5.91 Å². The van der Waals surface area contributed by atoms with E-state index >= 15 is 0 Å². The third-order valence-electron chi connectivity index (χ3n) is 5.43. The quantitative estimate of drug-likeness (QED) is 0.413. The number of nitrogens with zero attached hydrogens (tertiary/aromatic N) is 3. The van der Waals surface area contributed by atoms with Gasteiger partial charge in [0.1, 0.15) is 5.82 Å². The average Bonchev–Trinajstić information content (AvgIpc) is 3.44. The Morgan fingerprint density at radius 2 is 1.72 bits per heavy atom. The first-order valence-electron chi connectivity index (χ1n) is 10.5. The first-order chi connectivity index (χ1) is 15.7. The number of nitrogens with one attached hydrogen (secondary N) is 1. The highest BCUT2D eigenvalue weighted by Crippen LogP contribution is 2.28. The molecule has 0 radical (unpaired) electrons. The van der Waals surface area contributed by atoms with E-state index < -0.39 is 0 Å². The van der Waals surface area contributed by atoms with Gasteiger partial charge in [0.05, 0.1) is 22.8 Å². The number of hydrogen-bond acceptors (Lipinski definition) is 4. The average molecular weight is 422 g/mol. The van der Waals surface area contributed by atoms with Crippen LogP contribution in [-0.2, 0) is 6.54 Å². The van der Waals surface area contributed by atoms with Gasteiger partial charge in [0.15, 0.2) is 5.76 Å². The van der Waals surface area contributed by atoms with E-state index in [9.17, 15) is 4.79 Å². The van der Waals surface area contributed by atoms with Gasteiger partial charge in [0.2, 0.25) is 5.89 Å². The number of benzene rings is 3. The molecule has 0 saturated carbocycles. The van der Waals surface area contributed by atoms with Crippen LogP contribution in [-0.4, -0.2) is 27.0 Å². The zero-order chi connectivity index (χ0) is 21.9. The molecular weight excluding hydrogens is 400 g/mol. The Morgan fingerprint density at radius 3 is 2.59 bits per heavy atom. The fraction of sp³-hybridized carbons (Fsp3) is 0.115. The topological polar surface area (TPSA) is 73.0 Å². The highest BCUT2D eigenvalue weighted by molar-refractivity contribution is 6.00. The summed E-state index contributed by atoms with van der Waals surface area (Å²) in [6, 6.07) is 25.1. The van der Waals surface area contributed by atoms with Crippen LogP contribution >= 0.6 is 0 Å². The molecule has 0 saturated heterocycles. The minimum absolute atomic E-state index is 0.165. The zero-order valence-electron chi connectivity index (χ0n) is 17.7.